The maximum Gasteiger partial charge on any atom is 0.315 e. The molecule has 8 heteroatoms. The lowest BCUT2D eigenvalue weighted by Crippen LogP contribution is -2.53. The molecule has 0 aliphatic carbocycles. The minimum absolute atomic E-state index is 0.0852. The highest BCUT2D eigenvalue weighted by molar-refractivity contribution is 5.96. The van der Waals surface area contributed by atoms with Gasteiger partial charge in [0.2, 0.25) is 5.91 Å². The largest absolute Gasteiger partial charge is 0.451 e. The third-order valence-corrected chi connectivity index (χ3v) is 5.25. The molecule has 4 amide bonds. The Labute approximate surface area is 179 Å². The number of para-hydroxylation sites is 1. The van der Waals surface area contributed by atoms with E-state index < -0.39 is 6.03 Å². The molecule has 160 valence electrons. The molecular weight excluding hydrogens is 396 g/mol. The zero-order chi connectivity index (χ0) is 21.6. The van der Waals surface area contributed by atoms with Gasteiger partial charge in [-0.1, -0.05) is 48.5 Å². The van der Waals surface area contributed by atoms with Crippen molar-refractivity contribution in [3.8, 4) is 0 Å². The summed E-state index contributed by atoms with van der Waals surface area (Å²) in [7, 11) is 0. The van der Waals surface area contributed by atoms with Crippen LogP contribution in [0.4, 0.5) is 4.79 Å². The molecule has 1 aliphatic heterocycles. The van der Waals surface area contributed by atoms with Crippen LogP contribution in [0.15, 0.2) is 65.1 Å². The molecule has 0 unspecified atom stereocenters. The first kappa shape index (κ1) is 20.5. The predicted molar refractivity (Wildman–Crippen MR) is 115 cm³/mol. The van der Waals surface area contributed by atoms with E-state index in [0.717, 1.165) is 10.9 Å². The van der Waals surface area contributed by atoms with E-state index in [1.807, 2.05) is 54.6 Å². The number of hydrogen-bond acceptors (Lipinski definition) is 4. The zero-order valence-corrected chi connectivity index (χ0v) is 17.0. The molecule has 1 aliphatic rings. The van der Waals surface area contributed by atoms with Gasteiger partial charge in [0.05, 0.1) is 6.54 Å². The average molecular weight is 420 g/mol. The summed E-state index contributed by atoms with van der Waals surface area (Å²) in [6, 6.07) is 18.4. The first-order chi connectivity index (χ1) is 15.1. The summed E-state index contributed by atoms with van der Waals surface area (Å²) >= 11 is 0. The van der Waals surface area contributed by atoms with Gasteiger partial charge in [-0.3, -0.25) is 9.59 Å². The molecule has 0 radical (unpaired) electrons. The number of nitrogens with one attached hydrogen (secondary N) is 2. The number of hydrogen-bond donors (Lipinski definition) is 2. The predicted octanol–water partition coefficient (Wildman–Crippen LogP) is 2.22. The molecule has 4 rings (SSSR count). The summed E-state index contributed by atoms with van der Waals surface area (Å²) in [5.41, 5.74) is 1.66. The molecular formula is C23H24N4O4. The SMILES string of the molecule is O=C(NCC(=O)N1CCN(C(=O)c2cc3ccccc3o2)CC1)NCc1ccccc1. The van der Waals surface area contributed by atoms with Gasteiger partial charge in [0, 0.05) is 38.1 Å². The van der Waals surface area contributed by atoms with Crippen LogP contribution in [0.3, 0.4) is 0 Å². The van der Waals surface area contributed by atoms with Crippen LogP contribution in [0.25, 0.3) is 11.0 Å². The number of piperazine rings is 1. The Morgan fingerprint density at radius 3 is 2.26 bits per heavy atom. The van der Waals surface area contributed by atoms with Crippen molar-refractivity contribution in [3.05, 3.63) is 72.0 Å². The number of rotatable bonds is 5. The fourth-order valence-corrected chi connectivity index (χ4v) is 3.51. The second-order valence-corrected chi connectivity index (χ2v) is 7.34. The highest BCUT2D eigenvalue weighted by Gasteiger charge is 2.26. The maximum atomic E-state index is 12.7. The molecule has 0 spiro atoms. The van der Waals surface area contributed by atoms with Crippen molar-refractivity contribution >= 4 is 28.8 Å². The smallest absolute Gasteiger partial charge is 0.315 e. The van der Waals surface area contributed by atoms with Crippen molar-refractivity contribution in [2.75, 3.05) is 32.7 Å². The van der Waals surface area contributed by atoms with Gasteiger partial charge in [0.1, 0.15) is 5.58 Å². The number of fused-ring (bicyclic) bond motifs is 1. The van der Waals surface area contributed by atoms with Crippen LogP contribution in [-0.2, 0) is 11.3 Å². The molecule has 0 saturated carbocycles. The second-order valence-electron chi connectivity index (χ2n) is 7.34. The number of nitrogens with zero attached hydrogens (tertiary/aromatic N) is 2. The highest BCUT2D eigenvalue weighted by atomic mass is 16.3. The Morgan fingerprint density at radius 1 is 0.839 bits per heavy atom. The van der Waals surface area contributed by atoms with Crippen molar-refractivity contribution < 1.29 is 18.8 Å². The van der Waals surface area contributed by atoms with Crippen LogP contribution in [-0.4, -0.2) is 60.4 Å². The van der Waals surface area contributed by atoms with Crippen LogP contribution in [0.5, 0.6) is 0 Å². The molecule has 2 heterocycles. The van der Waals surface area contributed by atoms with E-state index in [-0.39, 0.29) is 18.4 Å². The van der Waals surface area contributed by atoms with Crippen molar-refractivity contribution in [2.45, 2.75) is 6.54 Å². The Kier molecular flexibility index (Phi) is 6.16. The molecule has 2 aromatic carbocycles. The maximum absolute atomic E-state index is 12.7. The number of urea groups is 1. The van der Waals surface area contributed by atoms with Crippen LogP contribution in [0.2, 0.25) is 0 Å². The number of furan rings is 1. The van der Waals surface area contributed by atoms with Gasteiger partial charge in [-0.15, -0.1) is 0 Å². The summed E-state index contributed by atoms with van der Waals surface area (Å²) in [4.78, 5) is 40.4. The molecule has 0 atom stereocenters. The van der Waals surface area contributed by atoms with Crippen molar-refractivity contribution in [1.29, 1.82) is 0 Å². The number of carbonyl (C=O) groups is 3. The Hall–Kier alpha value is -3.81. The van der Waals surface area contributed by atoms with Gasteiger partial charge >= 0.3 is 6.03 Å². The monoisotopic (exact) mass is 420 g/mol. The molecule has 8 nitrogen and oxygen atoms in total. The van der Waals surface area contributed by atoms with E-state index >= 15 is 0 Å². The highest BCUT2D eigenvalue weighted by Crippen LogP contribution is 2.20. The van der Waals surface area contributed by atoms with Gasteiger partial charge in [-0.25, -0.2) is 4.79 Å². The van der Waals surface area contributed by atoms with Crippen LogP contribution in [0.1, 0.15) is 16.1 Å². The second kappa shape index (κ2) is 9.34. The molecule has 1 fully saturated rings. The summed E-state index contributed by atoms with van der Waals surface area (Å²) < 4.78 is 5.65. The van der Waals surface area contributed by atoms with E-state index in [1.165, 1.54) is 0 Å². The first-order valence-corrected chi connectivity index (χ1v) is 10.2. The molecule has 0 bridgehead atoms. The minimum Gasteiger partial charge on any atom is -0.451 e. The van der Waals surface area contributed by atoms with E-state index in [1.54, 1.807) is 15.9 Å². The number of amides is 4. The number of benzene rings is 2. The van der Waals surface area contributed by atoms with Gasteiger partial charge < -0.3 is 24.9 Å². The van der Waals surface area contributed by atoms with Gasteiger partial charge in [-0.2, -0.15) is 0 Å². The summed E-state index contributed by atoms with van der Waals surface area (Å²) in [6.07, 6.45) is 0. The number of carbonyl (C=O) groups excluding carboxylic acids is 3. The lowest BCUT2D eigenvalue weighted by atomic mass is 10.2. The minimum atomic E-state index is -0.393. The van der Waals surface area contributed by atoms with Crippen molar-refractivity contribution in [3.63, 3.8) is 0 Å². The molecule has 1 aromatic heterocycles. The Balaban J connectivity index is 1.21. The lowest BCUT2D eigenvalue weighted by molar-refractivity contribution is -0.131. The first-order valence-electron chi connectivity index (χ1n) is 10.2. The average Bonchev–Trinajstić information content (AvgIpc) is 3.26. The Morgan fingerprint density at radius 2 is 1.52 bits per heavy atom. The summed E-state index contributed by atoms with van der Waals surface area (Å²) in [5, 5.41) is 6.20. The van der Waals surface area contributed by atoms with Crippen LogP contribution >= 0.6 is 0 Å². The van der Waals surface area contributed by atoms with Gasteiger partial charge in [-0.05, 0) is 17.7 Å². The topological polar surface area (TPSA) is 94.9 Å². The molecule has 3 aromatic rings. The van der Waals surface area contributed by atoms with Crippen molar-refractivity contribution in [2.24, 2.45) is 0 Å². The zero-order valence-electron chi connectivity index (χ0n) is 17.0. The van der Waals surface area contributed by atoms with Crippen LogP contribution in [0, 0.1) is 0 Å². The third kappa shape index (κ3) is 5.03. The van der Waals surface area contributed by atoms with E-state index in [9.17, 15) is 14.4 Å². The van der Waals surface area contributed by atoms with E-state index in [4.69, 9.17) is 4.42 Å². The normalized spacial score (nSPS) is 13.8. The summed E-state index contributed by atoms with van der Waals surface area (Å²) in [6.45, 7) is 1.97. The standard InChI is InChI=1S/C23H24N4O4/c28-21(16-25-23(30)24-15-17-6-2-1-3-7-17)26-10-12-27(13-11-26)22(29)20-14-18-8-4-5-9-19(18)31-20/h1-9,14H,10-13,15-16H2,(H2,24,25,30). The van der Waals surface area contributed by atoms with Gasteiger partial charge in [0.15, 0.2) is 5.76 Å². The molecule has 1 saturated heterocycles. The van der Waals surface area contributed by atoms with E-state index in [2.05, 4.69) is 10.6 Å². The fourth-order valence-electron chi connectivity index (χ4n) is 3.51. The lowest BCUT2D eigenvalue weighted by Gasteiger charge is -2.34. The Bertz CT molecular complexity index is 1040. The summed E-state index contributed by atoms with van der Waals surface area (Å²) in [5.74, 6) is -0.0508. The van der Waals surface area contributed by atoms with Crippen LogP contribution < -0.4 is 10.6 Å². The quantitative estimate of drug-likeness (QED) is 0.662. The third-order valence-electron chi connectivity index (χ3n) is 5.25. The molecule has 31 heavy (non-hydrogen) atoms. The van der Waals surface area contributed by atoms with Crippen molar-refractivity contribution in [1.82, 2.24) is 20.4 Å². The fraction of sp³-hybridized carbons (Fsp3) is 0.261. The van der Waals surface area contributed by atoms with E-state index in [0.29, 0.717) is 44.1 Å². The van der Waals surface area contributed by atoms with Gasteiger partial charge in [0.25, 0.3) is 5.91 Å². The molecule has 2 N–H and O–H groups in total.